The molecule has 19 nitrogen and oxygen atoms in total. The summed E-state index contributed by atoms with van der Waals surface area (Å²) >= 11 is 2.81. The van der Waals surface area contributed by atoms with Crippen molar-refractivity contribution in [3.8, 4) is 5.75 Å². The average molecular weight is 1010 g/mol. The van der Waals surface area contributed by atoms with Crippen molar-refractivity contribution in [3.63, 3.8) is 0 Å². The van der Waals surface area contributed by atoms with Crippen LogP contribution >= 0.6 is 23.1 Å². The number of nitrogens with zero attached hydrogens (tertiary/aromatic N) is 3. The second-order valence-electron chi connectivity index (χ2n) is 18.6. The third-order valence-electron chi connectivity index (χ3n) is 13.5. The number of carbonyl (C=O) groups excluding carboxylic acids is 8. The fraction of sp³-hybridized carbons (Fsp3) is 0.510. The Balaban J connectivity index is 0.889. The van der Waals surface area contributed by atoms with E-state index >= 15 is 0 Å². The number of aliphatic hydroxyl groups excluding tert-OH is 2. The normalized spacial score (nSPS) is 23.8. The lowest BCUT2D eigenvalue weighted by Gasteiger charge is -2.50. The summed E-state index contributed by atoms with van der Waals surface area (Å²) in [7, 11) is 6.74. The Morgan fingerprint density at radius 3 is 2.30 bits per heavy atom. The van der Waals surface area contributed by atoms with Gasteiger partial charge in [-0.25, -0.2) is 4.79 Å². The lowest BCUT2D eigenvalue weighted by Crippen LogP contribution is -2.70. The van der Waals surface area contributed by atoms with Crippen LogP contribution in [0.25, 0.3) is 0 Å². The lowest BCUT2D eigenvalue weighted by molar-refractivity contribution is -0.153. The highest BCUT2D eigenvalue weighted by Gasteiger charge is 2.63. The van der Waals surface area contributed by atoms with E-state index in [4.69, 9.17) is 19.9 Å². The third-order valence-corrected chi connectivity index (χ3v) is 15.7. The van der Waals surface area contributed by atoms with Crippen LogP contribution in [0.2, 0.25) is 0 Å². The van der Waals surface area contributed by atoms with Crippen LogP contribution in [0.4, 0.5) is 5.69 Å². The number of allylic oxidation sites excluding steroid dienone is 1. The molecule has 3 heterocycles. The van der Waals surface area contributed by atoms with Crippen molar-refractivity contribution in [3.05, 3.63) is 79.6 Å². The van der Waals surface area contributed by atoms with E-state index in [0.717, 1.165) is 30.6 Å². The van der Waals surface area contributed by atoms with E-state index in [9.17, 15) is 53.7 Å². The molecule has 5 aliphatic rings. The number of carbonyl (C=O) groups is 8. The summed E-state index contributed by atoms with van der Waals surface area (Å²) in [6.45, 7) is 1.18. The molecule has 0 saturated carbocycles. The maximum atomic E-state index is 14.5. The number of anilines is 1. The zero-order valence-electron chi connectivity index (χ0n) is 39.7. The molecule has 70 heavy (non-hydrogen) atoms. The number of thiophene rings is 1. The van der Waals surface area contributed by atoms with Gasteiger partial charge >= 0.3 is 17.9 Å². The number of amides is 3. The number of β-lactam (4-membered cyclic amide) rings is 1. The number of esters is 3. The molecular weight excluding hydrogens is 947 g/mol. The van der Waals surface area contributed by atoms with Crippen molar-refractivity contribution < 1.29 is 67.9 Å². The maximum absolute atomic E-state index is 14.5. The van der Waals surface area contributed by atoms with Crippen LogP contribution in [0.1, 0.15) is 85.5 Å². The number of benzene rings is 1. The minimum Gasteiger partial charge on any atom is -0.510 e. The molecule has 3 aliphatic carbocycles. The van der Waals surface area contributed by atoms with Gasteiger partial charge in [0.15, 0.2) is 11.4 Å². The van der Waals surface area contributed by atoms with Crippen molar-refractivity contribution in [1.29, 1.82) is 0 Å². The number of unbranched alkanes of at least 4 members (excludes halogenated alkanes) is 6. The molecule has 6 atom stereocenters. The summed E-state index contributed by atoms with van der Waals surface area (Å²) < 4.78 is 16.6. The molecular formula is C49H59N5O14S2. The largest absolute Gasteiger partial charge is 0.510 e. The molecule has 1 fully saturated rings. The Kier molecular flexibility index (Phi) is 15.9. The number of primary amides is 1. The molecule has 7 rings (SSSR count). The monoisotopic (exact) mass is 1010 g/mol. The van der Waals surface area contributed by atoms with E-state index in [-0.39, 0.29) is 67.4 Å². The molecule has 376 valence electrons. The van der Waals surface area contributed by atoms with E-state index in [0.29, 0.717) is 41.8 Å². The SMILES string of the molecule is CC(=O)OCC1=C(C(=O)OCCCCCCCCCC(=O)Oc2ccc(N(C)C)c3c2C(=O)C2=C(O)[C@@]4(O)C(=O)C(C(N)=O)=C(O)[C@H](N(C)C)[C@H]4C[C@H]2C3)N2C(=O)[C@@H](NC(=O)Cc3cccs3)[C@H]2SC1. The van der Waals surface area contributed by atoms with Gasteiger partial charge in [0, 0.05) is 60.8 Å². The first-order chi connectivity index (χ1) is 33.3. The Morgan fingerprint density at radius 2 is 1.66 bits per heavy atom. The van der Waals surface area contributed by atoms with Crippen molar-refractivity contribution in [1.82, 2.24) is 15.1 Å². The van der Waals surface area contributed by atoms with Crippen LogP contribution in [0.3, 0.4) is 0 Å². The van der Waals surface area contributed by atoms with Gasteiger partial charge in [-0.05, 0) is 74.8 Å². The number of nitrogens with two attached hydrogens (primary N) is 1. The molecule has 0 bridgehead atoms. The number of fused-ring (bicyclic) bond motifs is 4. The minimum atomic E-state index is -2.74. The van der Waals surface area contributed by atoms with Gasteiger partial charge in [-0.3, -0.25) is 43.4 Å². The van der Waals surface area contributed by atoms with Gasteiger partial charge in [0.1, 0.15) is 46.6 Å². The van der Waals surface area contributed by atoms with Crippen LogP contribution in [0, 0.1) is 11.8 Å². The summed E-state index contributed by atoms with van der Waals surface area (Å²) in [4.78, 5) is 110. The van der Waals surface area contributed by atoms with Gasteiger partial charge < -0.3 is 45.5 Å². The molecule has 1 aromatic carbocycles. The molecule has 0 unspecified atom stereocenters. The zero-order valence-corrected chi connectivity index (χ0v) is 41.4. The first-order valence-corrected chi connectivity index (χ1v) is 25.2. The van der Waals surface area contributed by atoms with Gasteiger partial charge in [-0.1, -0.05) is 38.2 Å². The molecule has 3 amide bonds. The van der Waals surface area contributed by atoms with E-state index < -0.39 is 93.3 Å². The first kappa shape index (κ1) is 51.8. The highest BCUT2D eigenvalue weighted by Crippen LogP contribution is 2.53. The molecule has 0 spiro atoms. The van der Waals surface area contributed by atoms with Crippen LogP contribution < -0.4 is 20.7 Å². The number of ether oxygens (including phenoxy) is 3. The summed E-state index contributed by atoms with van der Waals surface area (Å²) in [5, 5.41) is 38.9. The highest BCUT2D eigenvalue weighted by atomic mass is 32.2. The zero-order chi connectivity index (χ0) is 50.8. The summed E-state index contributed by atoms with van der Waals surface area (Å²) in [5.74, 6) is -8.99. The third kappa shape index (κ3) is 10.1. The van der Waals surface area contributed by atoms with Crippen LogP contribution in [0.15, 0.2) is 63.6 Å². The van der Waals surface area contributed by atoms with Crippen molar-refractivity contribution in [2.75, 3.05) is 52.1 Å². The molecule has 2 aromatic rings. The predicted octanol–water partition coefficient (Wildman–Crippen LogP) is 3.57. The van der Waals surface area contributed by atoms with Crippen molar-refractivity contribution in [2.45, 2.75) is 101 Å². The Hall–Kier alpha value is -6.03. The van der Waals surface area contributed by atoms with Crippen LogP contribution in [-0.4, -0.2) is 143 Å². The van der Waals surface area contributed by atoms with E-state index in [2.05, 4.69) is 5.32 Å². The number of rotatable bonds is 20. The number of thioether (sulfide) groups is 1. The summed E-state index contributed by atoms with van der Waals surface area (Å²) in [5.41, 5.74) is 3.36. The number of likely N-dealkylation sites (N-methyl/N-ethyl adjacent to an activating group) is 1. The smallest absolute Gasteiger partial charge is 0.355 e. The molecule has 6 N–H and O–H groups in total. The van der Waals surface area contributed by atoms with Gasteiger partial charge in [0.2, 0.25) is 11.7 Å². The van der Waals surface area contributed by atoms with Crippen molar-refractivity contribution >= 4 is 76.0 Å². The minimum absolute atomic E-state index is 0.0146. The molecule has 2 aliphatic heterocycles. The number of nitrogens with one attached hydrogen (secondary N) is 1. The Labute approximate surface area is 413 Å². The molecule has 1 aromatic heterocycles. The number of Topliss-reactive ketones (excluding diaryl/α,β-unsaturated/α-hetero) is 2. The van der Waals surface area contributed by atoms with Gasteiger partial charge in [-0.2, -0.15) is 0 Å². The number of hydrogen-bond acceptors (Lipinski definition) is 18. The summed E-state index contributed by atoms with van der Waals surface area (Å²) in [6.07, 6.45) is 5.34. The fourth-order valence-corrected chi connectivity index (χ4v) is 12.2. The van der Waals surface area contributed by atoms with Gasteiger partial charge in [-0.15, -0.1) is 23.1 Å². The van der Waals surface area contributed by atoms with E-state index in [1.807, 2.05) is 17.5 Å². The Morgan fingerprint density at radius 1 is 0.957 bits per heavy atom. The van der Waals surface area contributed by atoms with E-state index in [1.165, 1.54) is 45.9 Å². The molecule has 1 saturated heterocycles. The van der Waals surface area contributed by atoms with Crippen LogP contribution in [-0.2, 0) is 55.9 Å². The number of ketones is 2. The quantitative estimate of drug-likeness (QED) is 0.0417. The second kappa shape index (κ2) is 21.5. The van der Waals surface area contributed by atoms with Gasteiger partial charge in [0.25, 0.3) is 11.8 Å². The predicted molar refractivity (Wildman–Crippen MR) is 257 cm³/mol. The Bertz CT molecular complexity index is 2570. The topological polar surface area (TPSA) is 273 Å². The number of aliphatic hydroxyl groups is 3. The molecule has 21 heteroatoms. The standard InChI is InChI=1S/C49H59N5O14S2/c1-25(55)67-23-27-24-70-47-38(51-33(56)22-28-14-13-19-69-28)46(63)54(47)39(27)48(64)66-18-12-10-8-6-7-9-11-15-34(57)68-32-17-16-31(52(2)3)29-20-26-21-30-40(53(4)5)42(59)37(45(50)62)44(61)49(30,65)43(60)35(26)41(58)36(29)32/h13-14,16-17,19,26,30,38,40,47,59-60,65H,6-12,15,18,20-24H2,1-5H3,(H2,50,62)(H,51,56)/t26-,30-,38-,40-,47-,49-/m1/s1. The molecule has 0 radical (unpaired) electrons. The van der Waals surface area contributed by atoms with Crippen molar-refractivity contribution in [2.24, 2.45) is 17.6 Å². The van der Waals surface area contributed by atoms with Crippen LogP contribution in [0.5, 0.6) is 5.75 Å². The highest BCUT2D eigenvalue weighted by molar-refractivity contribution is 8.00. The lowest BCUT2D eigenvalue weighted by atomic mass is 9.58. The summed E-state index contributed by atoms with van der Waals surface area (Å²) in [6, 6.07) is 5.02. The average Bonchev–Trinajstić information content (AvgIpc) is 3.81. The van der Waals surface area contributed by atoms with Gasteiger partial charge in [0.05, 0.1) is 24.6 Å². The number of hydrogen-bond donors (Lipinski definition) is 5. The van der Waals surface area contributed by atoms with E-state index in [1.54, 1.807) is 39.2 Å². The fourth-order valence-electron chi connectivity index (χ4n) is 10.2. The maximum Gasteiger partial charge on any atom is 0.355 e. The first-order valence-electron chi connectivity index (χ1n) is 23.2. The second-order valence-corrected chi connectivity index (χ2v) is 20.7.